The number of hydrogen-bond donors (Lipinski definition) is 1. The Labute approximate surface area is 129 Å². The van der Waals surface area contributed by atoms with E-state index in [1.165, 1.54) is 0 Å². The van der Waals surface area contributed by atoms with Crippen LogP contribution >= 0.6 is 11.8 Å². The van der Waals surface area contributed by atoms with E-state index in [9.17, 15) is 9.59 Å². The summed E-state index contributed by atoms with van der Waals surface area (Å²) < 4.78 is 5.34. The fourth-order valence-electron chi connectivity index (χ4n) is 2.27. The van der Waals surface area contributed by atoms with Gasteiger partial charge in [-0.1, -0.05) is 11.8 Å². The third-order valence-electron chi connectivity index (χ3n) is 3.33. The predicted octanol–water partition coefficient (Wildman–Crippen LogP) is 1.85. The Hall–Kier alpha value is -1.24. The summed E-state index contributed by atoms with van der Waals surface area (Å²) >= 11 is 1.58. The predicted molar refractivity (Wildman–Crippen MR) is 83.4 cm³/mol. The zero-order valence-electron chi connectivity index (χ0n) is 12.8. The Balaban J connectivity index is 1.77. The number of aliphatic imine (C=N–C) groups is 1. The second kappa shape index (κ2) is 6.68. The number of carbonyl (C=O) groups is 2. The molecule has 0 atom stereocenters. The van der Waals surface area contributed by atoms with Crippen LogP contribution in [0.5, 0.6) is 0 Å². The summed E-state index contributed by atoms with van der Waals surface area (Å²) in [5.74, 6) is 0.909. The Kier molecular flexibility index (Phi) is 5.13. The Morgan fingerprint density at radius 3 is 2.52 bits per heavy atom. The van der Waals surface area contributed by atoms with Crippen molar-refractivity contribution in [2.75, 3.05) is 25.4 Å². The van der Waals surface area contributed by atoms with Gasteiger partial charge in [0.1, 0.15) is 5.60 Å². The first-order chi connectivity index (χ1) is 9.85. The van der Waals surface area contributed by atoms with Crippen molar-refractivity contribution in [3.8, 4) is 0 Å². The highest BCUT2D eigenvalue weighted by Gasteiger charge is 2.30. The van der Waals surface area contributed by atoms with E-state index in [1.54, 1.807) is 16.7 Å². The molecule has 0 aliphatic carbocycles. The number of hydrogen-bond acceptors (Lipinski definition) is 5. The fraction of sp³-hybridized carbons (Fsp3) is 0.786. The molecule has 118 valence electrons. The van der Waals surface area contributed by atoms with Gasteiger partial charge in [0.05, 0.1) is 6.54 Å². The number of rotatable bonds is 1. The summed E-state index contributed by atoms with van der Waals surface area (Å²) in [6.07, 6.45) is 1.04. The monoisotopic (exact) mass is 313 g/mol. The number of amidine groups is 1. The van der Waals surface area contributed by atoms with E-state index in [1.807, 2.05) is 20.8 Å². The average molecular weight is 313 g/mol. The summed E-state index contributed by atoms with van der Waals surface area (Å²) in [7, 11) is 0. The second-order valence-corrected chi connectivity index (χ2v) is 7.35. The van der Waals surface area contributed by atoms with Crippen LogP contribution in [-0.4, -0.2) is 53.1 Å². The van der Waals surface area contributed by atoms with Gasteiger partial charge in [0.2, 0.25) is 5.91 Å². The van der Waals surface area contributed by atoms with Crippen LogP contribution < -0.4 is 5.32 Å². The topological polar surface area (TPSA) is 71.0 Å². The van der Waals surface area contributed by atoms with Gasteiger partial charge in [0, 0.05) is 24.8 Å². The number of piperidine rings is 1. The molecule has 1 saturated heterocycles. The first-order valence-corrected chi connectivity index (χ1v) is 8.30. The van der Waals surface area contributed by atoms with Gasteiger partial charge in [-0.05, 0) is 33.6 Å². The smallest absolute Gasteiger partial charge is 0.410 e. The van der Waals surface area contributed by atoms with Gasteiger partial charge in [-0.2, -0.15) is 0 Å². The number of likely N-dealkylation sites (tertiary alicyclic amines) is 1. The Morgan fingerprint density at radius 1 is 1.33 bits per heavy atom. The molecule has 2 rings (SSSR count). The van der Waals surface area contributed by atoms with E-state index in [0.717, 1.165) is 17.5 Å². The number of nitrogens with one attached hydrogen (secondary N) is 1. The molecule has 0 aromatic heterocycles. The van der Waals surface area contributed by atoms with Crippen molar-refractivity contribution in [2.45, 2.75) is 39.2 Å². The largest absolute Gasteiger partial charge is 0.444 e. The minimum absolute atomic E-state index is 0.0204. The quantitative estimate of drug-likeness (QED) is 0.802. The van der Waals surface area contributed by atoms with E-state index in [-0.39, 0.29) is 17.9 Å². The molecule has 2 heterocycles. The van der Waals surface area contributed by atoms with Gasteiger partial charge < -0.3 is 15.0 Å². The molecule has 0 aromatic rings. The molecular weight excluding hydrogens is 290 g/mol. The maximum atomic E-state index is 12.1. The summed E-state index contributed by atoms with van der Waals surface area (Å²) in [6, 6.07) is 0. The molecule has 0 aromatic carbocycles. The van der Waals surface area contributed by atoms with E-state index < -0.39 is 5.60 Å². The standard InChI is InChI=1S/C14H23N3O3S/c1-14(2,3)20-13(19)17-7-4-10(5-8-17)11(18)16-12-15-6-9-21-12/h10H,4-9H2,1-3H3,(H,15,16,18). The minimum atomic E-state index is -0.483. The summed E-state index contributed by atoms with van der Waals surface area (Å²) in [4.78, 5) is 30.0. The molecule has 6 nitrogen and oxygen atoms in total. The lowest BCUT2D eigenvalue weighted by atomic mass is 9.96. The van der Waals surface area contributed by atoms with Crippen molar-refractivity contribution in [3.63, 3.8) is 0 Å². The van der Waals surface area contributed by atoms with Gasteiger partial charge in [-0.15, -0.1) is 0 Å². The highest BCUT2D eigenvalue weighted by molar-refractivity contribution is 8.14. The summed E-state index contributed by atoms with van der Waals surface area (Å²) in [5.41, 5.74) is -0.483. The molecule has 0 unspecified atom stereocenters. The van der Waals surface area contributed by atoms with E-state index in [0.29, 0.717) is 25.9 Å². The van der Waals surface area contributed by atoms with Crippen LogP contribution in [0.3, 0.4) is 0 Å². The average Bonchev–Trinajstić information content (AvgIpc) is 2.90. The fourth-order valence-corrected chi connectivity index (χ4v) is 3.00. The molecule has 0 bridgehead atoms. The molecule has 2 aliphatic rings. The molecule has 1 fully saturated rings. The highest BCUT2D eigenvalue weighted by atomic mass is 32.2. The molecule has 0 spiro atoms. The SMILES string of the molecule is CC(C)(C)OC(=O)N1CCC(C(=O)NC2=NCCS2)CC1. The van der Waals surface area contributed by atoms with Gasteiger partial charge in [-0.3, -0.25) is 9.79 Å². The van der Waals surface area contributed by atoms with Crippen molar-refractivity contribution in [2.24, 2.45) is 10.9 Å². The molecule has 21 heavy (non-hydrogen) atoms. The Bertz CT molecular complexity index is 437. The number of thioether (sulfide) groups is 1. The number of amides is 2. The number of nitrogens with zero attached hydrogens (tertiary/aromatic N) is 2. The first kappa shape index (κ1) is 16.1. The molecular formula is C14H23N3O3S. The lowest BCUT2D eigenvalue weighted by Crippen LogP contribution is -2.45. The maximum absolute atomic E-state index is 12.1. The van der Waals surface area contributed by atoms with Crippen LogP contribution in [0.4, 0.5) is 4.79 Å². The van der Waals surface area contributed by atoms with Gasteiger partial charge in [0.25, 0.3) is 0 Å². The maximum Gasteiger partial charge on any atom is 0.410 e. The zero-order valence-corrected chi connectivity index (χ0v) is 13.7. The third kappa shape index (κ3) is 4.91. The third-order valence-corrected chi connectivity index (χ3v) is 4.22. The molecule has 0 radical (unpaired) electrons. The van der Waals surface area contributed by atoms with Crippen LogP contribution in [-0.2, 0) is 9.53 Å². The van der Waals surface area contributed by atoms with Crippen molar-refractivity contribution in [1.29, 1.82) is 0 Å². The highest BCUT2D eigenvalue weighted by Crippen LogP contribution is 2.20. The number of carbonyl (C=O) groups excluding carboxylic acids is 2. The summed E-state index contributed by atoms with van der Waals surface area (Å²) in [6.45, 7) is 7.46. The molecule has 1 N–H and O–H groups in total. The van der Waals surface area contributed by atoms with Gasteiger partial charge >= 0.3 is 6.09 Å². The Morgan fingerprint density at radius 2 is 2.00 bits per heavy atom. The molecule has 7 heteroatoms. The zero-order chi connectivity index (χ0) is 15.5. The van der Waals surface area contributed by atoms with Crippen molar-refractivity contribution < 1.29 is 14.3 Å². The summed E-state index contributed by atoms with van der Waals surface area (Å²) in [5, 5.41) is 3.60. The van der Waals surface area contributed by atoms with Crippen LogP contribution in [0.25, 0.3) is 0 Å². The normalized spacial score (nSPS) is 20.1. The minimum Gasteiger partial charge on any atom is -0.444 e. The van der Waals surface area contributed by atoms with E-state index in [4.69, 9.17) is 4.74 Å². The second-order valence-electron chi connectivity index (χ2n) is 6.27. The van der Waals surface area contributed by atoms with Gasteiger partial charge in [-0.25, -0.2) is 4.79 Å². The molecule has 0 saturated carbocycles. The lowest BCUT2D eigenvalue weighted by Gasteiger charge is -2.32. The molecule has 2 aliphatic heterocycles. The van der Waals surface area contributed by atoms with Crippen molar-refractivity contribution in [3.05, 3.63) is 0 Å². The van der Waals surface area contributed by atoms with Crippen LogP contribution in [0.1, 0.15) is 33.6 Å². The lowest BCUT2D eigenvalue weighted by molar-refractivity contribution is -0.124. The number of ether oxygens (including phenoxy) is 1. The van der Waals surface area contributed by atoms with Crippen molar-refractivity contribution in [1.82, 2.24) is 10.2 Å². The van der Waals surface area contributed by atoms with E-state index in [2.05, 4.69) is 10.3 Å². The van der Waals surface area contributed by atoms with Crippen LogP contribution in [0.15, 0.2) is 4.99 Å². The van der Waals surface area contributed by atoms with Gasteiger partial charge in [0.15, 0.2) is 5.17 Å². The van der Waals surface area contributed by atoms with E-state index >= 15 is 0 Å². The first-order valence-electron chi connectivity index (χ1n) is 7.31. The van der Waals surface area contributed by atoms with Crippen molar-refractivity contribution >= 4 is 28.9 Å². The molecule has 2 amide bonds. The van der Waals surface area contributed by atoms with Crippen LogP contribution in [0, 0.1) is 5.92 Å². The van der Waals surface area contributed by atoms with Crippen LogP contribution in [0.2, 0.25) is 0 Å².